The Bertz CT molecular complexity index is 388. The summed E-state index contributed by atoms with van der Waals surface area (Å²) in [4.78, 5) is 0. The number of rotatable bonds is 4. The minimum absolute atomic E-state index is 0.625. The Kier molecular flexibility index (Phi) is 4.07. The van der Waals surface area contributed by atoms with Crippen molar-refractivity contribution in [1.29, 1.82) is 0 Å². The fourth-order valence-electron chi connectivity index (χ4n) is 1.44. The van der Waals surface area contributed by atoms with Crippen LogP contribution >= 0.6 is 0 Å². The lowest BCUT2D eigenvalue weighted by Crippen LogP contribution is -1.99. The minimum atomic E-state index is -0.625. The fourth-order valence-corrected chi connectivity index (χ4v) is 1.44. The van der Waals surface area contributed by atoms with Gasteiger partial charge in [0, 0.05) is 0 Å². The second-order valence-corrected chi connectivity index (χ2v) is 3.42. The van der Waals surface area contributed by atoms with Crippen molar-refractivity contribution in [2.75, 3.05) is 0 Å². The second-order valence-electron chi connectivity index (χ2n) is 3.42. The molecule has 1 nitrogen and oxygen atoms in total. The second kappa shape index (κ2) is 5.32. The first-order valence-corrected chi connectivity index (χ1v) is 4.88. The van der Waals surface area contributed by atoms with E-state index in [0.29, 0.717) is 0 Å². The molecule has 1 heteroatoms. The Morgan fingerprint density at radius 1 is 1.40 bits per heavy atom. The molecule has 0 spiro atoms. The molecule has 0 aliphatic carbocycles. The third-order valence-corrected chi connectivity index (χ3v) is 2.22. The van der Waals surface area contributed by atoms with Crippen LogP contribution < -0.4 is 0 Å². The summed E-state index contributed by atoms with van der Waals surface area (Å²) in [5.74, 6) is 0. The van der Waals surface area contributed by atoms with E-state index in [1.807, 2.05) is 31.2 Å². The van der Waals surface area contributed by atoms with Crippen LogP contribution in [0.3, 0.4) is 0 Å². The molecule has 0 heterocycles. The highest BCUT2D eigenvalue weighted by Crippen LogP contribution is 2.22. The number of hydrogen-bond donors (Lipinski definition) is 1. The lowest BCUT2D eigenvalue weighted by atomic mass is 10.00. The summed E-state index contributed by atoms with van der Waals surface area (Å²) in [6.45, 7) is 9.28. The molecular weight excluding hydrogens is 184 g/mol. The number of aryl methyl sites for hydroxylation is 1. The van der Waals surface area contributed by atoms with Crippen molar-refractivity contribution in [3.8, 4) is 0 Å². The van der Waals surface area contributed by atoms with E-state index in [9.17, 15) is 5.11 Å². The topological polar surface area (TPSA) is 20.2 Å². The molecule has 0 aromatic heterocycles. The van der Waals surface area contributed by atoms with E-state index in [4.69, 9.17) is 0 Å². The third-order valence-electron chi connectivity index (χ3n) is 2.22. The molecule has 1 unspecified atom stereocenters. The molecule has 0 aliphatic rings. The van der Waals surface area contributed by atoms with Crippen LogP contribution in [-0.4, -0.2) is 5.11 Å². The van der Waals surface area contributed by atoms with E-state index >= 15 is 0 Å². The Morgan fingerprint density at radius 3 is 2.67 bits per heavy atom. The molecule has 78 valence electrons. The first-order valence-electron chi connectivity index (χ1n) is 4.88. The van der Waals surface area contributed by atoms with Crippen LogP contribution in [0.2, 0.25) is 0 Å². The van der Waals surface area contributed by atoms with Gasteiger partial charge in [-0.1, -0.05) is 61.2 Å². The largest absolute Gasteiger partial charge is 0.384 e. The van der Waals surface area contributed by atoms with Crippen LogP contribution in [0.1, 0.15) is 17.2 Å². The van der Waals surface area contributed by atoms with E-state index in [2.05, 4.69) is 13.2 Å². The zero-order valence-electron chi connectivity index (χ0n) is 8.98. The molecule has 1 aromatic rings. The molecule has 1 aromatic carbocycles. The van der Waals surface area contributed by atoms with Gasteiger partial charge in [0.1, 0.15) is 6.10 Å². The molecular formula is C14H16O. The molecule has 0 bridgehead atoms. The Balaban J connectivity index is 3.02. The number of benzene rings is 1. The molecule has 0 fully saturated rings. The van der Waals surface area contributed by atoms with Gasteiger partial charge in [-0.15, -0.1) is 0 Å². The summed E-state index contributed by atoms with van der Waals surface area (Å²) >= 11 is 0. The predicted octanol–water partition coefficient (Wildman–Crippen LogP) is 3.33. The average molecular weight is 200 g/mol. The molecule has 1 atom stereocenters. The normalized spacial score (nSPS) is 13.3. The van der Waals surface area contributed by atoms with E-state index in [1.165, 1.54) is 0 Å². The lowest BCUT2D eigenvalue weighted by molar-refractivity contribution is 0.219. The standard InChI is InChI=1S/C14H16O/c1-4-7-12(5-2)14(15)13-9-6-8-11(3)10-13/h4-10,14-15H,1-2H2,3H3/b12-7+. The fraction of sp³-hybridized carbons (Fsp3) is 0.143. The summed E-state index contributed by atoms with van der Waals surface area (Å²) < 4.78 is 0. The smallest absolute Gasteiger partial charge is 0.104 e. The molecule has 0 amide bonds. The number of allylic oxidation sites excluding steroid dienone is 2. The first kappa shape index (κ1) is 11.5. The third kappa shape index (κ3) is 2.93. The van der Waals surface area contributed by atoms with Crippen LogP contribution in [0.15, 0.2) is 61.2 Å². The molecule has 1 N–H and O–H groups in total. The van der Waals surface area contributed by atoms with Crippen molar-refractivity contribution < 1.29 is 5.11 Å². The van der Waals surface area contributed by atoms with Gasteiger partial charge in [-0.3, -0.25) is 0 Å². The van der Waals surface area contributed by atoms with Crippen molar-refractivity contribution >= 4 is 0 Å². The highest BCUT2D eigenvalue weighted by atomic mass is 16.3. The summed E-state index contributed by atoms with van der Waals surface area (Å²) in [5, 5.41) is 10.0. The maximum atomic E-state index is 10.0. The van der Waals surface area contributed by atoms with Crippen LogP contribution in [0.5, 0.6) is 0 Å². The number of aliphatic hydroxyl groups excluding tert-OH is 1. The van der Waals surface area contributed by atoms with Gasteiger partial charge in [-0.05, 0) is 18.1 Å². The maximum Gasteiger partial charge on any atom is 0.104 e. The highest BCUT2D eigenvalue weighted by Gasteiger charge is 2.09. The molecule has 1 rings (SSSR count). The van der Waals surface area contributed by atoms with Gasteiger partial charge in [0.2, 0.25) is 0 Å². The van der Waals surface area contributed by atoms with Gasteiger partial charge >= 0.3 is 0 Å². The lowest BCUT2D eigenvalue weighted by Gasteiger charge is -2.12. The van der Waals surface area contributed by atoms with Gasteiger partial charge in [-0.2, -0.15) is 0 Å². The maximum absolute atomic E-state index is 10.0. The van der Waals surface area contributed by atoms with Crippen molar-refractivity contribution in [2.24, 2.45) is 0 Å². The van der Waals surface area contributed by atoms with Gasteiger partial charge in [0.05, 0.1) is 0 Å². The van der Waals surface area contributed by atoms with Crippen LogP contribution in [0.4, 0.5) is 0 Å². The van der Waals surface area contributed by atoms with Crippen molar-refractivity contribution in [3.63, 3.8) is 0 Å². The highest BCUT2D eigenvalue weighted by molar-refractivity contribution is 5.35. The van der Waals surface area contributed by atoms with Crippen molar-refractivity contribution in [3.05, 3.63) is 72.4 Å². The number of hydrogen-bond acceptors (Lipinski definition) is 1. The molecule has 0 saturated carbocycles. The molecule has 0 radical (unpaired) electrons. The predicted molar refractivity (Wildman–Crippen MR) is 64.6 cm³/mol. The van der Waals surface area contributed by atoms with Crippen molar-refractivity contribution in [1.82, 2.24) is 0 Å². The van der Waals surface area contributed by atoms with Crippen LogP contribution in [0.25, 0.3) is 0 Å². The van der Waals surface area contributed by atoms with Gasteiger partial charge in [-0.25, -0.2) is 0 Å². The Labute approximate surface area is 91.1 Å². The van der Waals surface area contributed by atoms with Crippen molar-refractivity contribution in [2.45, 2.75) is 13.0 Å². The van der Waals surface area contributed by atoms with E-state index < -0.39 is 6.10 Å². The van der Waals surface area contributed by atoms with Crippen LogP contribution in [-0.2, 0) is 0 Å². The van der Waals surface area contributed by atoms with E-state index in [1.54, 1.807) is 18.2 Å². The van der Waals surface area contributed by atoms with Gasteiger partial charge in [0.25, 0.3) is 0 Å². The quantitative estimate of drug-likeness (QED) is 0.739. The summed E-state index contributed by atoms with van der Waals surface area (Å²) in [6.07, 6.45) is 4.44. The monoisotopic (exact) mass is 200 g/mol. The molecule has 0 saturated heterocycles. The summed E-state index contributed by atoms with van der Waals surface area (Å²) in [6, 6.07) is 7.80. The molecule has 15 heavy (non-hydrogen) atoms. The SMILES string of the molecule is C=C/C=C(\C=C)C(O)c1cccc(C)c1. The Hall–Kier alpha value is -1.60. The van der Waals surface area contributed by atoms with Gasteiger partial charge in [0.15, 0.2) is 0 Å². The zero-order chi connectivity index (χ0) is 11.3. The first-order chi connectivity index (χ1) is 7.19. The minimum Gasteiger partial charge on any atom is -0.384 e. The van der Waals surface area contributed by atoms with Crippen LogP contribution in [0, 0.1) is 6.92 Å². The average Bonchev–Trinajstić information content (AvgIpc) is 2.25. The van der Waals surface area contributed by atoms with E-state index in [0.717, 1.165) is 16.7 Å². The number of aliphatic hydroxyl groups is 1. The summed E-state index contributed by atoms with van der Waals surface area (Å²) in [7, 11) is 0. The van der Waals surface area contributed by atoms with E-state index in [-0.39, 0.29) is 0 Å². The van der Waals surface area contributed by atoms with Gasteiger partial charge < -0.3 is 5.11 Å². The summed E-state index contributed by atoms with van der Waals surface area (Å²) in [5.41, 5.74) is 2.77. The molecule has 0 aliphatic heterocycles. The Morgan fingerprint density at radius 2 is 2.13 bits per heavy atom. The zero-order valence-corrected chi connectivity index (χ0v) is 8.98.